The maximum absolute atomic E-state index is 10.5. The number of rotatable bonds is 4. The van der Waals surface area contributed by atoms with Crippen LogP contribution in [0, 0.1) is 0 Å². The average molecular weight is 290 g/mol. The van der Waals surface area contributed by atoms with Gasteiger partial charge in [-0.15, -0.1) is 0 Å². The lowest BCUT2D eigenvalue weighted by molar-refractivity contribution is 0.0219. The number of β-amino-alcohol motifs (C(OH)–C–C–N with tert-alkyl or cyclic N) is 1. The number of aliphatic hydroxyl groups is 1. The summed E-state index contributed by atoms with van der Waals surface area (Å²) in [6.07, 6.45) is 5.78. The van der Waals surface area contributed by atoms with Crippen molar-refractivity contribution in [1.82, 2.24) is 20.1 Å². The highest BCUT2D eigenvalue weighted by molar-refractivity contribution is 5.09. The summed E-state index contributed by atoms with van der Waals surface area (Å²) in [6, 6.07) is 4.19. The van der Waals surface area contributed by atoms with Crippen molar-refractivity contribution in [2.24, 2.45) is 0 Å². The van der Waals surface area contributed by atoms with Gasteiger partial charge in [0, 0.05) is 45.1 Å². The zero-order valence-electron chi connectivity index (χ0n) is 12.7. The highest BCUT2D eigenvalue weighted by atomic mass is 16.3. The van der Waals surface area contributed by atoms with Crippen molar-refractivity contribution >= 4 is 0 Å². The molecule has 3 rings (SSSR count). The monoisotopic (exact) mass is 290 g/mol. The molecule has 1 aromatic rings. The summed E-state index contributed by atoms with van der Waals surface area (Å²) < 4.78 is 0. The molecule has 1 aromatic heterocycles. The topological polar surface area (TPSA) is 51.6 Å². The quantitative estimate of drug-likeness (QED) is 0.836. The number of hydrogen-bond acceptors (Lipinski definition) is 5. The molecule has 2 aliphatic rings. The lowest BCUT2D eigenvalue weighted by atomic mass is 10.0. The van der Waals surface area contributed by atoms with Crippen LogP contribution in [0.2, 0.25) is 0 Å². The van der Waals surface area contributed by atoms with E-state index >= 15 is 0 Å². The average Bonchev–Trinajstić information content (AvgIpc) is 2.80. The molecular formula is C16H26N4O. The van der Waals surface area contributed by atoms with E-state index in [1.54, 1.807) is 0 Å². The van der Waals surface area contributed by atoms with Gasteiger partial charge in [0.15, 0.2) is 0 Å². The van der Waals surface area contributed by atoms with Crippen LogP contribution in [-0.2, 0) is 6.54 Å². The Kier molecular flexibility index (Phi) is 4.85. The lowest BCUT2D eigenvalue weighted by Crippen LogP contribution is -2.45. The zero-order valence-corrected chi connectivity index (χ0v) is 12.7. The maximum Gasteiger partial charge on any atom is 0.0909 e. The molecule has 0 unspecified atom stereocenters. The molecule has 0 radical (unpaired) electrons. The molecule has 116 valence electrons. The van der Waals surface area contributed by atoms with Crippen molar-refractivity contribution in [3.05, 3.63) is 30.1 Å². The van der Waals surface area contributed by atoms with Crippen molar-refractivity contribution in [3.8, 4) is 0 Å². The largest absolute Gasteiger partial charge is 0.387 e. The van der Waals surface area contributed by atoms with Crippen LogP contribution in [0.4, 0.5) is 0 Å². The second-order valence-electron chi connectivity index (χ2n) is 6.41. The van der Waals surface area contributed by atoms with Gasteiger partial charge in [0.05, 0.1) is 5.60 Å². The van der Waals surface area contributed by atoms with Crippen LogP contribution in [0.5, 0.6) is 0 Å². The molecule has 0 aliphatic carbocycles. The molecule has 2 N–H and O–H groups in total. The van der Waals surface area contributed by atoms with Crippen LogP contribution in [0.25, 0.3) is 0 Å². The van der Waals surface area contributed by atoms with Gasteiger partial charge in [-0.2, -0.15) is 0 Å². The second-order valence-corrected chi connectivity index (χ2v) is 6.41. The van der Waals surface area contributed by atoms with Gasteiger partial charge in [-0.25, -0.2) is 0 Å². The molecule has 21 heavy (non-hydrogen) atoms. The van der Waals surface area contributed by atoms with Crippen LogP contribution in [0.1, 0.15) is 18.4 Å². The van der Waals surface area contributed by atoms with E-state index < -0.39 is 5.60 Å². The molecule has 0 amide bonds. The molecule has 2 aliphatic heterocycles. The van der Waals surface area contributed by atoms with E-state index in [4.69, 9.17) is 0 Å². The molecule has 1 atom stereocenters. The second kappa shape index (κ2) is 6.83. The van der Waals surface area contributed by atoms with E-state index in [0.717, 1.165) is 58.8 Å². The Morgan fingerprint density at radius 1 is 1.14 bits per heavy atom. The minimum atomic E-state index is -0.514. The summed E-state index contributed by atoms with van der Waals surface area (Å²) in [6.45, 7) is 7.85. The molecule has 2 fully saturated rings. The summed E-state index contributed by atoms with van der Waals surface area (Å²) >= 11 is 0. The molecule has 0 saturated carbocycles. The van der Waals surface area contributed by atoms with Crippen molar-refractivity contribution in [2.45, 2.75) is 25.0 Å². The van der Waals surface area contributed by atoms with E-state index in [9.17, 15) is 5.11 Å². The Morgan fingerprint density at radius 2 is 1.90 bits per heavy atom. The third-order valence-corrected chi connectivity index (χ3v) is 4.58. The van der Waals surface area contributed by atoms with Crippen LogP contribution >= 0.6 is 0 Å². The van der Waals surface area contributed by atoms with Crippen molar-refractivity contribution in [2.75, 3.05) is 45.8 Å². The number of hydrogen-bond donors (Lipinski definition) is 2. The van der Waals surface area contributed by atoms with E-state index in [-0.39, 0.29) is 0 Å². The predicted octanol–water partition coefficient (Wildman–Crippen LogP) is 0.314. The van der Waals surface area contributed by atoms with Gasteiger partial charge in [-0.05, 0) is 50.2 Å². The Hall–Kier alpha value is -1.01. The third kappa shape index (κ3) is 4.23. The van der Waals surface area contributed by atoms with Crippen LogP contribution in [0.3, 0.4) is 0 Å². The molecular weight excluding hydrogens is 264 g/mol. The van der Waals surface area contributed by atoms with Gasteiger partial charge in [-0.3, -0.25) is 14.8 Å². The number of aromatic nitrogens is 1. The predicted molar refractivity (Wildman–Crippen MR) is 83.0 cm³/mol. The summed E-state index contributed by atoms with van der Waals surface area (Å²) in [4.78, 5) is 9.01. The van der Waals surface area contributed by atoms with E-state index in [1.807, 2.05) is 12.4 Å². The van der Waals surface area contributed by atoms with Gasteiger partial charge in [0.1, 0.15) is 0 Å². The van der Waals surface area contributed by atoms with E-state index in [1.165, 1.54) is 12.0 Å². The summed E-state index contributed by atoms with van der Waals surface area (Å²) in [5.41, 5.74) is 0.817. The molecule has 2 saturated heterocycles. The zero-order chi connectivity index (χ0) is 14.5. The van der Waals surface area contributed by atoms with Gasteiger partial charge in [0.2, 0.25) is 0 Å². The van der Waals surface area contributed by atoms with Crippen molar-refractivity contribution in [3.63, 3.8) is 0 Å². The first kappa shape index (κ1) is 14.9. The first-order valence-corrected chi connectivity index (χ1v) is 8.00. The standard InChI is InChI=1S/C16H26N4O/c21-16(4-7-18-13-16)14-20-9-1-8-19(10-11-20)12-15-2-5-17-6-3-15/h2-3,5-6,18,21H,1,4,7-14H2/t16-/m0/s1. The van der Waals surface area contributed by atoms with Crippen LogP contribution in [-0.4, -0.2) is 71.3 Å². The Labute approximate surface area is 127 Å². The molecule has 0 aromatic carbocycles. The van der Waals surface area contributed by atoms with Crippen LogP contribution in [0.15, 0.2) is 24.5 Å². The Morgan fingerprint density at radius 3 is 2.67 bits per heavy atom. The minimum absolute atomic E-state index is 0.514. The fourth-order valence-corrected chi connectivity index (χ4v) is 3.37. The molecule has 5 nitrogen and oxygen atoms in total. The number of nitrogens with one attached hydrogen (secondary N) is 1. The van der Waals surface area contributed by atoms with E-state index in [0.29, 0.717) is 0 Å². The molecule has 0 bridgehead atoms. The minimum Gasteiger partial charge on any atom is -0.387 e. The Bertz CT molecular complexity index is 433. The highest BCUT2D eigenvalue weighted by Crippen LogP contribution is 2.17. The summed E-state index contributed by atoms with van der Waals surface area (Å²) in [7, 11) is 0. The number of pyridine rings is 1. The van der Waals surface area contributed by atoms with Crippen molar-refractivity contribution < 1.29 is 5.11 Å². The SMILES string of the molecule is O[C@@]1(CN2CCCN(Cc3ccncc3)CC2)CCNC1. The Balaban J connectivity index is 1.50. The smallest absolute Gasteiger partial charge is 0.0909 e. The first-order valence-electron chi connectivity index (χ1n) is 8.00. The first-order chi connectivity index (χ1) is 10.2. The lowest BCUT2D eigenvalue weighted by Gasteiger charge is -2.30. The molecule has 5 heteroatoms. The molecule has 3 heterocycles. The van der Waals surface area contributed by atoms with Gasteiger partial charge in [-0.1, -0.05) is 0 Å². The third-order valence-electron chi connectivity index (χ3n) is 4.58. The van der Waals surface area contributed by atoms with Crippen LogP contribution < -0.4 is 5.32 Å². The normalized spacial score (nSPS) is 28.6. The van der Waals surface area contributed by atoms with Gasteiger partial charge in [0.25, 0.3) is 0 Å². The summed E-state index contributed by atoms with van der Waals surface area (Å²) in [5.74, 6) is 0. The highest BCUT2D eigenvalue weighted by Gasteiger charge is 2.33. The summed E-state index contributed by atoms with van der Waals surface area (Å²) in [5, 5.41) is 13.8. The van der Waals surface area contributed by atoms with Crippen molar-refractivity contribution in [1.29, 1.82) is 0 Å². The maximum atomic E-state index is 10.5. The fourth-order valence-electron chi connectivity index (χ4n) is 3.37. The fraction of sp³-hybridized carbons (Fsp3) is 0.688. The van der Waals surface area contributed by atoms with E-state index in [2.05, 4.69) is 32.2 Å². The van der Waals surface area contributed by atoms with Gasteiger partial charge >= 0.3 is 0 Å². The molecule has 0 spiro atoms. The van der Waals surface area contributed by atoms with Gasteiger partial charge < -0.3 is 10.4 Å². The number of nitrogens with zero attached hydrogens (tertiary/aromatic N) is 3.